The fraction of sp³-hybridized carbons (Fsp3) is 0.833. The predicted octanol–water partition coefficient (Wildman–Crippen LogP) is -0.649. The minimum atomic E-state index is -0.808. The van der Waals surface area contributed by atoms with Crippen molar-refractivity contribution in [1.82, 2.24) is 5.32 Å². The van der Waals surface area contributed by atoms with Crippen molar-refractivity contribution in [3.05, 3.63) is 0 Å². The van der Waals surface area contributed by atoms with Gasteiger partial charge in [-0.1, -0.05) is 0 Å². The molecule has 0 rings (SSSR count). The number of aliphatic carboxylic acids is 1. The molecule has 5 heteroatoms. The Morgan fingerprint density at radius 1 is 1.82 bits per heavy atom. The molecule has 0 aliphatic rings. The highest BCUT2D eigenvalue weighted by atomic mass is 32.2. The summed E-state index contributed by atoms with van der Waals surface area (Å²) in [5, 5.41) is 11.3. The molecular formula is C6H14N2O2S. The topological polar surface area (TPSA) is 75.3 Å². The number of carboxylic acid groups (broad SMARTS) is 1. The van der Waals surface area contributed by atoms with Crippen molar-refractivity contribution in [2.75, 3.05) is 25.1 Å². The molecule has 4 N–H and O–H groups in total. The molecule has 66 valence electrons. The van der Waals surface area contributed by atoms with Crippen molar-refractivity contribution in [3.8, 4) is 0 Å². The molecule has 0 aliphatic carbocycles. The Kier molecular flexibility index (Phi) is 6.30. The van der Waals surface area contributed by atoms with Crippen LogP contribution in [0, 0.1) is 0 Å². The molecule has 1 atom stereocenters. The number of carbonyl (C=O) groups is 1. The van der Waals surface area contributed by atoms with E-state index < -0.39 is 12.0 Å². The van der Waals surface area contributed by atoms with E-state index in [1.54, 1.807) is 18.8 Å². The lowest BCUT2D eigenvalue weighted by atomic mass is 10.3. The monoisotopic (exact) mass is 178 g/mol. The Bertz CT molecular complexity index is 121. The van der Waals surface area contributed by atoms with Crippen LogP contribution in [0.4, 0.5) is 0 Å². The molecule has 0 saturated heterocycles. The van der Waals surface area contributed by atoms with Gasteiger partial charge in [-0.2, -0.15) is 11.8 Å². The number of thioether (sulfide) groups is 1. The average Bonchev–Trinajstić information content (AvgIpc) is 1.97. The standard InChI is InChI=1S/C6H14N2O2S/c1-8-5(6(9)10)4-11-3-2-7/h5,8H,2-4,7H2,1H3,(H,9,10)/t5-/m0/s1. The summed E-state index contributed by atoms with van der Waals surface area (Å²) in [6.07, 6.45) is 0. The van der Waals surface area contributed by atoms with Crippen LogP contribution in [-0.2, 0) is 4.79 Å². The molecular weight excluding hydrogens is 164 g/mol. The SMILES string of the molecule is CN[C@@H](CSCCN)C(=O)O. The van der Waals surface area contributed by atoms with E-state index in [2.05, 4.69) is 5.32 Å². The number of likely N-dealkylation sites (N-methyl/N-ethyl adjacent to an activating group) is 1. The average molecular weight is 178 g/mol. The lowest BCUT2D eigenvalue weighted by molar-refractivity contribution is -0.138. The maximum atomic E-state index is 10.4. The third kappa shape index (κ3) is 5.06. The van der Waals surface area contributed by atoms with E-state index in [9.17, 15) is 4.79 Å². The second kappa shape index (κ2) is 6.45. The summed E-state index contributed by atoms with van der Waals surface area (Å²) in [6.45, 7) is 0.598. The molecule has 0 aromatic carbocycles. The number of carboxylic acids is 1. The Morgan fingerprint density at radius 2 is 2.45 bits per heavy atom. The summed E-state index contributed by atoms with van der Waals surface area (Å²) in [5.74, 6) is 0.575. The quantitative estimate of drug-likeness (QED) is 0.471. The molecule has 11 heavy (non-hydrogen) atoms. The summed E-state index contributed by atoms with van der Waals surface area (Å²) in [4.78, 5) is 10.4. The third-order valence-electron chi connectivity index (χ3n) is 1.19. The largest absolute Gasteiger partial charge is 0.480 e. The molecule has 0 saturated carbocycles. The van der Waals surface area contributed by atoms with Crippen LogP contribution in [0.25, 0.3) is 0 Å². The molecule has 0 amide bonds. The Balaban J connectivity index is 3.44. The number of hydrogen-bond donors (Lipinski definition) is 3. The van der Waals surface area contributed by atoms with Gasteiger partial charge in [-0.3, -0.25) is 4.79 Å². The molecule has 0 radical (unpaired) electrons. The van der Waals surface area contributed by atoms with Crippen LogP contribution in [-0.4, -0.2) is 42.2 Å². The summed E-state index contributed by atoms with van der Waals surface area (Å²) >= 11 is 1.55. The van der Waals surface area contributed by atoms with Gasteiger partial charge in [-0.15, -0.1) is 0 Å². The summed E-state index contributed by atoms with van der Waals surface area (Å²) in [5.41, 5.74) is 5.24. The highest BCUT2D eigenvalue weighted by Crippen LogP contribution is 2.00. The van der Waals surface area contributed by atoms with Gasteiger partial charge in [0.25, 0.3) is 0 Å². The predicted molar refractivity (Wildman–Crippen MR) is 46.9 cm³/mol. The van der Waals surface area contributed by atoms with E-state index in [0.29, 0.717) is 12.3 Å². The van der Waals surface area contributed by atoms with Crippen molar-refractivity contribution < 1.29 is 9.90 Å². The number of rotatable bonds is 6. The first-order chi connectivity index (χ1) is 5.22. The Hall–Kier alpha value is -0.260. The summed E-state index contributed by atoms with van der Waals surface area (Å²) in [7, 11) is 1.64. The Labute approximate surface area is 70.5 Å². The minimum absolute atomic E-state index is 0.452. The Morgan fingerprint density at radius 3 is 2.82 bits per heavy atom. The molecule has 0 aromatic rings. The van der Waals surface area contributed by atoms with Crippen molar-refractivity contribution in [1.29, 1.82) is 0 Å². The zero-order valence-electron chi connectivity index (χ0n) is 6.54. The molecule has 0 aliphatic heterocycles. The second-order valence-electron chi connectivity index (χ2n) is 2.04. The fourth-order valence-electron chi connectivity index (χ4n) is 0.563. The van der Waals surface area contributed by atoms with E-state index >= 15 is 0 Å². The molecule has 0 bridgehead atoms. The van der Waals surface area contributed by atoms with Crippen LogP contribution < -0.4 is 11.1 Å². The van der Waals surface area contributed by atoms with Crippen LogP contribution in [0.15, 0.2) is 0 Å². The van der Waals surface area contributed by atoms with Gasteiger partial charge < -0.3 is 16.2 Å². The van der Waals surface area contributed by atoms with Crippen LogP contribution in [0.3, 0.4) is 0 Å². The van der Waals surface area contributed by atoms with Crippen molar-refractivity contribution in [2.24, 2.45) is 5.73 Å². The summed E-state index contributed by atoms with van der Waals surface area (Å²) in [6, 6.07) is -0.452. The molecule has 0 unspecified atom stereocenters. The smallest absolute Gasteiger partial charge is 0.321 e. The van der Waals surface area contributed by atoms with Crippen molar-refractivity contribution in [2.45, 2.75) is 6.04 Å². The second-order valence-corrected chi connectivity index (χ2v) is 3.19. The van der Waals surface area contributed by atoms with Crippen LogP contribution in [0.5, 0.6) is 0 Å². The first-order valence-corrected chi connectivity index (χ1v) is 4.55. The molecule has 0 spiro atoms. The van der Waals surface area contributed by atoms with Gasteiger partial charge in [0.2, 0.25) is 0 Å². The van der Waals surface area contributed by atoms with Crippen LogP contribution in [0.1, 0.15) is 0 Å². The maximum absolute atomic E-state index is 10.4. The lowest BCUT2D eigenvalue weighted by Crippen LogP contribution is -2.36. The fourth-order valence-corrected chi connectivity index (χ4v) is 1.44. The molecule has 0 heterocycles. The molecule has 4 nitrogen and oxygen atoms in total. The third-order valence-corrected chi connectivity index (χ3v) is 2.29. The van der Waals surface area contributed by atoms with Crippen molar-refractivity contribution in [3.63, 3.8) is 0 Å². The highest BCUT2D eigenvalue weighted by Gasteiger charge is 2.13. The van der Waals surface area contributed by atoms with E-state index in [0.717, 1.165) is 5.75 Å². The van der Waals surface area contributed by atoms with Gasteiger partial charge in [0, 0.05) is 18.1 Å². The summed E-state index contributed by atoms with van der Waals surface area (Å²) < 4.78 is 0. The van der Waals surface area contributed by atoms with Gasteiger partial charge in [-0.05, 0) is 7.05 Å². The van der Waals surface area contributed by atoms with E-state index in [-0.39, 0.29) is 0 Å². The maximum Gasteiger partial charge on any atom is 0.321 e. The van der Waals surface area contributed by atoms with Crippen LogP contribution in [0.2, 0.25) is 0 Å². The molecule has 0 fully saturated rings. The number of nitrogens with one attached hydrogen (secondary N) is 1. The van der Waals surface area contributed by atoms with Crippen molar-refractivity contribution >= 4 is 17.7 Å². The van der Waals surface area contributed by atoms with E-state index in [1.165, 1.54) is 0 Å². The van der Waals surface area contributed by atoms with Gasteiger partial charge in [0.1, 0.15) is 6.04 Å². The number of hydrogen-bond acceptors (Lipinski definition) is 4. The molecule has 0 aromatic heterocycles. The van der Waals surface area contributed by atoms with Gasteiger partial charge in [-0.25, -0.2) is 0 Å². The van der Waals surface area contributed by atoms with E-state index in [1.807, 2.05) is 0 Å². The van der Waals surface area contributed by atoms with Crippen LogP contribution >= 0.6 is 11.8 Å². The highest BCUT2D eigenvalue weighted by molar-refractivity contribution is 7.99. The van der Waals surface area contributed by atoms with E-state index in [4.69, 9.17) is 10.8 Å². The zero-order valence-corrected chi connectivity index (χ0v) is 7.36. The lowest BCUT2D eigenvalue weighted by Gasteiger charge is -2.09. The zero-order chi connectivity index (χ0) is 8.69. The first-order valence-electron chi connectivity index (χ1n) is 3.40. The number of nitrogens with two attached hydrogens (primary N) is 1. The van der Waals surface area contributed by atoms with Gasteiger partial charge in [0.05, 0.1) is 0 Å². The minimum Gasteiger partial charge on any atom is -0.480 e. The normalized spacial score (nSPS) is 12.9. The van der Waals surface area contributed by atoms with Gasteiger partial charge in [0.15, 0.2) is 0 Å². The van der Waals surface area contributed by atoms with Gasteiger partial charge >= 0.3 is 5.97 Å². The first kappa shape index (κ1) is 10.7.